The predicted molar refractivity (Wildman–Crippen MR) is 160 cm³/mol. The lowest BCUT2D eigenvalue weighted by molar-refractivity contribution is 0.0600. The molecule has 3 aromatic rings. The maximum absolute atomic E-state index is 12.3. The highest BCUT2D eigenvalue weighted by Crippen LogP contribution is 2.31. The molecule has 0 N–H and O–H groups in total. The van der Waals surface area contributed by atoms with E-state index >= 15 is 0 Å². The van der Waals surface area contributed by atoms with Gasteiger partial charge in [-0.3, -0.25) is 4.79 Å². The monoisotopic (exact) mass is 546 g/mol. The number of ether oxygens (including phenoxy) is 3. The van der Waals surface area contributed by atoms with Gasteiger partial charge in [-0.05, 0) is 94.1 Å². The topological polar surface area (TPSA) is 79.7 Å². The fourth-order valence-corrected chi connectivity index (χ4v) is 3.82. The Morgan fingerprint density at radius 1 is 0.850 bits per heavy atom. The van der Waals surface area contributed by atoms with Gasteiger partial charge in [0.05, 0.1) is 32.6 Å². The van der Waals surface area contributed by atoms with Crippen LogP contribution in [0.2, 0.25) is 0 Å². The summed E-state index contributed by atoms with van der Waals surface area (Å²) in [6, 6.07) is 13.1. The van der Waals surface area contributed by atoms with Crippen molar-refractivity contribution < 1.29 is 23.8 Å². The van der Waals surface area contributed by atoms with E-state index in [0.29, 0.717) is 29.2 Å². The van der Waals surface area contributed by atoms with Gasteiger partial charge in [0.15, 0.2) is 17.3 Å². The number of hydrogen-bond donors (Lipinski definition) is 0. The zero-order valence-electron chi connectivity index (χ0n) is 25.3. The van der Waals surface area contributed by atoms with E-state index in [1.807, 2.05) is 74.9 Å². The number of esters is 1. The molecule has 7 heteroatoms. The van der Waals surface area contributed by atoms with E-state index in [-0.39, 0.29) is 11.8 Å². The van der Waals surface area contributed by atoms with Crippen LogP contribution < -0.4 is 9.47 Å². The van der Waals surface area contributed by atoms with Crippen LogP contribution in [-0.4, -0.2) is 42.9 Å². The van der Waals surface area contributed by atoms with Gasteiger partial charge in [-0.25, -0.2) is 9.48 Å². The van der Waals surface area contributed by atoms with E-state index in [1.165, 1.54) is 18.2 Å². The number of ketones is 1. The summed E-state index contributed by atoms with van der Waals surface area (Å²) < 4.78 is 17.2. The molecule has 1 heterocycles. The summed E-state index contributed by atoms with van der Waals surface area (Å²) in [5.41, 5.74) is 7.37. The molecule has 0 aliphatic heterocycles. The molecule has 3 rings (SSSR count). The summed E-state index contributed by atoms with van der Waals surface area (Å²) in [6.45, 7) is 12.2. The number of aryl methyl sites for hydroxylation is 3. The third kappa shape index (κ3) is 8.43. The Kier molecular flexibility index (Phi) is 12.4. The molecule has 0 atom stereocenters. The van der Waals surface area contributed by atoms with Crippen molar-refractivity contribution in [3.05, 3.63) is 93.8 Å². The number of allylic oxidation sites excluding steroid dienone is 3. The lowest BCUT2D eigenvalue weighted by Gasteiger charge is -2.13. The summed E-state index contributed by atoms with van der Waals surface area (Å²) in [4.78, 5) is 23.4. The van der Waals surface area contributed by atoms with Gasteiger partial charge in [-0.1, -0.05) is 31.6 Å². The van der Waals surface area contributed by atoms with Crippen molar-refractivity contribution in [2.75, 3.05) is 21.3 Å². The minimum atomic E-state index is -0.280. The maximum Gasteiger partial charge on any atom is 0.337 e. The molecule has 1 aromatic heterocycles. The van der Waals surface area contributed by atoms with Crippen LogP contribution >= 0.6 is 0 Å². The van der Waals surface area contributed by atoms with Crippen molar-refractivity contribution in [1.29, 1.82) is 0 Å². The Bertz CT molecular complexity index is 1380. The molecule has 0 aliphatic carbocycles. The third-order valence-corrected chi connectivity index (χ3v) is 6.57. The van der Waals surface area contributed by atoms with Crippen LogP contribution in [0, 0.1) is 20.8 Å². The molecule has 214 valence electrons. The summed E-state index contributed by atoms with van der Waals surface area (Å²) in [7, 11) is 4.62. The highest BCUT2D eigenvalue weighted by Gasteiger charge is 2.16. The minimum absolute atomic E-state index is 0.0660. The molecular formula is C33H42N2O5. The van der Waals surface area contributed by atoms with Gasteiger partial charge in [0.1, 0.15) is 5.69 Å². The summed E-state index contributed by atoms with van der Waals surface area (Å²) in [6.07, 6.45) is 6.39. The van der Waals surface area contributed by atoms with Gasteiger partial charge in [0.2, 0.25) is 0 Å². The highest BCUT2D eigenvalue weighted by atomic mass is 16.5. The van der Waals surface area contributed by atoms with E-state index < -0.39 is 0 Å². The van der Waals surface area contributed by atoms with Crippen LogP contribution in [0.15, 0.2) is 60.2 Å². The standard InChI is InChI=1S/C23H30N2O3.C10H12O2/c1-7-9-21(26)19-14-17(4)25(24-19)20(12-10-16(3)8-2)18-11-13-22(27-5)23(15-18)28-6;1-7-4-5-9(6-8(7)2)10(11)12-3/h10-15H,7-9H2,1-6H3;4-6H,1-3H3/b16-10?,20-12-;. The first-order valence-corrected chi connectivity index (χ1v) is 13.5. The molecule has 0 unspecified atom stereocenters. The molecule has 0 saturated heterocycles. The van der Waals surface area contributed by atoms with Gasteiger partial charge in [0.25, 0.3) is 0 Å². The molecule has 2 aromatic carbocycles. The number of carbonyl (C=O) groups is 2. The second kappa shape index (κ2) is 15.5. The molecule has 0 amide bonds. The molecule has 0 spiro atoms. The lowest BCUT2D eigenvalue weighted by atomic mass is 10.1. The smallest absolute Gasteiger partial charge is 0.337 e. The molecule has 40 heavy (non-hydrogen) atoms. The number of aromatic nitrogens is 2. The minimum Gasteiger partial charge on any atom is -0.493 e. The van der Waals surface area contributed by atoms with Crippen molar-refractivity contribution in [3.8, 4) is 11.5 Å². The highest BCUT2D eigenvalue weighted by molar-refractivity contribution is 5.94. The van der Waals surface area contributed by atoms with E-state index in [1.54, 1.807) is 20.3 Å². The summed E-state index contributed by atoms with van der Waals surface area (Å²) in [5.74, 6) is 1.10. The third-order valence-electron chi connectivity index (χ3n) is 6.57. The molecule has 0 aliphatic rings. The Hall–Kier alpha value is -4.13. The van der Waals surface area contributed by atoms with E-state index in [9.17, 15) is 9.59 Å². The SMILES string of the molecule is CCCC(=O)c1cc(C)n(/C(=C\C=C(C)CC)c2ccc(OC)c(OC)c2)n1.COC(=O)c1ccc(C)c(C)c1. The fraction of sp³-hybridized carbons (Fsp3) is 0.364. The molecule has 0 saturated carbocycles. The Labute approximate surface area is 238 Å². The van der Waals surface area contributed by atoms with Crippen molar-refractivity contribution in [2.45, 2.75) is 60.8 Å². The average Bonchev–Trinajstić information content (AvgIpc) is 3.35. The normalized spacial score (nSPS) is 11.4. The predicted octanol–water partition coefficient (Wildman–Crippen LogP) is 7.53. The van der Waals surface area contributed by atoms with Crippen molar-refractivity contribution in [3.63, 3.8) is 0 Å². The second-order valence-electron chi connectivity index (χ2n) is 9.53. The van der Waals surface area contributed by atoms with Crippen LogP contribution in [0.25, 0.3) is 5.70 Å². The number of rotatable bonds is 10. The first kappa shape index (κ1) is 32.1. The van der Waals surface area contributed by atoms with Gasteiger partial charge in [-0.2, -0.15) is 5.10 Å². The maximum atomic E-state index is 12.3. The molecular weight excluding hydrogens is 504 g/mol. The second-order valence-corrected chi connectivity index (χ2v) is 9.53. The van der Waals surface area contributed by atoms with Gasteiger partial charge in [-0.15, -0.1) is 0 Å². The number of carbonyl (C=O) groups excluding carboxylic acids is 2. The number of methoxy groups -OCH3 is 3. The van der Waals surface area contributed by atoms with Gasteiger partial charge >= 0.3 is 5.97 Å². The first-order chi connectivity index (χ1) is 19.1. The number of Topliss-reactive ketones (excluding diaryl/α,β-unsaturated/α-hetero) is 1. The van der Waals surface area contributed by atoms with E-state index in [4.69, 9.17) is 9.47 Å². The zero-order chi connectivity index (χ0) is 29.8. The Morgan fingerprint density at radius 2 is 1.52 bits per heavy atom. The quantitative estimate of drug-likeness (QED) is 0.149. The number of benzene rings is 2. The van der Waals surface area contributed by atoms with Crippen molar-refractivity contribution in [2.24, 2.45) is 0 Å². The summed E-state index contributed by atoms with van der Waals surface area (Å²) >= 11 is 0. The Balaban J connectivity index is 0.000000389. The largest absolute Gasteiger partial charge is 0.493 e. The van der Waals surface area contributed by atoms with Crippen molar-refractivity contribution in [1.82, 2.24) is 9.78 Å². The van der Waals surface area contributed by atoms with Crippen LogP contribution in [0.4, 0.5) is 0 Å². The summed E-state index contributed by atoms with van der Waals surface area (Å²) in [5, 5.41) is 4.60. The molecule has 7 nitrogen and oxygen atoms in total. The van der Waals surface area contributed by atoms with Crippen LogP contribution in [0.1, 0.15) is 83.3 Å². The fourth-order valence-electron chi connectivity index (χ4n) is 3.82. The Morgan fingerprint density at radius 3 is 2.10 bits per heavy atom. The lowest BCUT2D eigenvalue weighted by Crippen LogP contribution is -2.06. The van der Waals surface area contributed by atoms with Gasteiger partial charge in [0, 0.05) is 17.7 Å². The first-order valence-electron chi connectivity index (χ1n) is 13.5. The molecule has 0 fully saturated rings. The molecule has 0 bridgehead atoms. The van der Waals surface area contributed by atoms with E-state index in [0.717, 1.165) is 35.4 Å². The van der Waals surface area contributed by atoms with Crippen LogP contribution in [-0.2, 0) is 4.74 Å². The number of hydrogen-bond acceptors (Lipinski definition) is 6. The van der Waals surface area contributed by atoms with E-state index in [2.05, 4.69) is 29.8 Å². The van der Waals surface area contributed by atoms with Crippen LogP contribution in [0.5, 0.6) is 11.5 Å². The number of nitrogens with zero attached hydrogens (tertiary/aromatic N) is 2. The van der Waals surface area contributed by atoms with Gasteiger partial charge < -0.3 is 14.2 Å². The average molecular weight is 547 g/mol. The zero-order valence-corrected chi connectivity index (χ0v) is 25.3. The van der Waals surface area contributed by atoms with Crippen LogP contribution in [0.3, 0.4) is 0 Å². The molecule has 0 radical (unpaired) electrons. The van der Waals surface area contributed by atoms with Crippen molar-refractivity contribution >= 4 is 17.4 Å².